The molecule has 3 amide bonds. The van der Waals surface area contributed by atoms with Crippen molar-refractivity contribution in [3.63, 3.8) is 0 Å². The predicted molar refractivity (Wildman–Crippen MR) is 140 cm³/mol. The number of halogens is 7. The highest BCUT2D eigenvalue weighted by Gasteiger charge is 2.52. The molecule has 0 radical (unpaired) electrons. The third-order valence-electron chi connectivity index (χ3n) is 5.43. The van der Waals surface area contributed by atoms with Gasteiger partial charge in [-0.1, -0.05) is 67.4 Å². The maximum absolute atomic E-state index is 14.5. The van der Waals surface area contributed by atoms with Gasteiger partial charge in [-0.25, -0.2) is 0 Å². The lowest BCUT2D eigenvalue weighted by molar-refractivity contribution is -0.165. The molecule has 2 rings (SSSR count). The monoisotopic (exact) mass is 625 g/mol. The van der Waals surface area contributed by atoms with Crippen LogP contribution >= 0.6 is 23.2 Å². The van der Waals surface area contributed by atoms with Gasteiger partial charge in [0.15, 0.2) is 6.61 Å². The van der Waals surface area contributed by atoms with E-state index in [2.05, 4.69) is 10.6 Å². The van der Waals surface area contributed by atoms with Gasteiger partial charge in [-0.3, -0.25) is 19.2 Å². The van der Waals surface area contributed by atoms with Crippen LogP contribution in [0.3, 0.4) is 0 Å². The summed E-state index contributed by atoms with van der Waals surface area (Å²) in [6.07, 6.45) is -5.13. The SMILES string of the molecule is CC(C)[C@H](NC(=O)C(Cc1ccccc1)NC(=O)COc1cc(Cl)cc(Cl)c1)C(=O)C(F)(F)C(=O)NCC(F)(F)F. The number of carbonyl (C=O) groups excluding carboxylic acids is 4. The van der Waals surface area contributed by atoms with E-state index in [0.29, 0.717) is 5.56 Å². The highest BCUT2D eigenvalue weighted by atomic mass is 35.5. The number of alkyl halides is 5. The molecule has 2 atom stereocenters. The number of ether oxygens (including phenoxy) is 1. The van der Waals surface area contributed by atoms with E-state index in [-0.39, 0.29) is 22.2 Å². The summed E-state index contributed by atoms with van der Waals surface area (Å²) in [7, 11) is 0. The number of Topliss-reactive ketones (excluding diaryl/α,β-unsaturated/α-hetero) is 1. The number of rotatable bonds is 13. The van der Waals surface area contributed by atoms with Crippen molar-refractivity contribution in [2.45, 2.75) is 44.5 Å². The molecule has 0 aromatic heterocycles. The molecule has 0 aliphatic heterocycles. The van der Waals surface area contributed by atoms with E-state index in [1.807, 2.05) is 0 Å². The van der Waals surface area contributed by atoms with Crippen LogP contribution in [0.4, 0.5) is 22.0 Å². The van der Waals surface area contributed by atoms with Gasteiger partial charge in [0.1, 0.15) is 18.3 Å². The summed E-state index contributed by atoms with van der Waals surface area (Å²) in [6, 6.07) is 9.07. The highest BCUT2D eigenvalue weighted by Crippen LogP contribution is 2.24. The number of hydrogen-bond acceptors (Lipinski definition) is 5. The van der Waals surface area contributed by atoms with Crippen LogP contribution < -0.4 is 20.7 Å². The molecule has 0 fully saturated rings. The number of benzene rings is 2. The zero-order valence-electron chi connectivity index (χ0n) is 21.7. The predicted octanol–water partition coefficient (Wildman–Crippen LogP) is 4.12. The molecule has 1 unspecified atom stereocenters. The first-order valence-corrected chi connectivity index (χ1v) is 12.7. The third kappa shape index (κ3) is 10.8. The van der Waals surface area contributed by atoms with E-state index in [9.17, 15) is 41.1 Å². The minimum Gasteiger partial charge on any atom is -0.484 e. The van der Waals surface area contributed by atoms with E-state index in [0.717, 1.165) is 5.32 Å². The number of ketones is 1. The maximum Gasteiger partial charge on any atom is 0.405 e. The zero-order valence-corrected chi connectivity index (χ0v) is 23.2. The molecule has 41 heavy (non-hydrogen) atoms. The Morgan fingerprint density at radius 1 is 0.902 bits per heavy atom. The molecule has 0 saturated carbocycles. The minimum atomic E-state index is -4.99. The Morgan fingerprint density at radius 2 is 1.49 bits per heavy atom. The highest BCUT2D eigenvalue weighted by molar-refractivity contribution is 6.34. The average Bonchev–Trinajstić information content (AvgIpc) is 2.87. The van der Waals surface area contributed by atoms with Crippen LogP contribution in [0.15, 0.2) is 48.5 Å². The van der Waals surface area contributed by atoms with Crippen molar-refractivity contribution in [3.8, 4) is 5.75 Å². The lowest BCUT2D eigenvalue weighted by Crippen LogP contribution is -2.59. The van der Waals surface area contributed by atoms with Gasteiger partial charge in [-0.05, 0) is 29.7 Å². The quantitative estimate of drug-likeness (QED) is 0.229. The molecule has 8 nitrogen and oxygen atoms in total. The van der Waals surface area contributed by atoms with Gasteiger partial charge in [0.2, 0.25) is 11.7 Å². The topological polar surface area (TPSA) is 114 Å². The Morgan fingerprint density at radius 3 is 2.02 bits per heavy atom. The Balaban J connectivity index is 2.20. The number of carbonyl (C=O) groups is 4. The Kier molecular flexibility index (Phi) is 11.9. The molecule has 224 valence electrons. The standard InChI is InChI=1S/C26H26Cl2F5N3O5/c1-14(2)21(22(38)26(32,33)24(40)34-13-25(29,30)31)36-23(39)19(8-15-6-4-3-5-7-15)35-20(37)12-41-18-10-16(27)9-17(28)11-18/h3-7,9-11,14,19,21H,8,12-13H2,1-2H3,(H,34,40)(H,35,37)(H,36,39)/t19?,21-/m0/s1. The van der Waals surface area contributed by atoms with Crippen molar-refractivity contribution >= 4 is 46.7 Å². The van der Waals surface area contributed by atoms with Crippen LogP contribution in [0.5, 0.6) is 5.75 Å². The van der Waals surface area contributed by atoms with Crippen LogP contribution in [0.2, 0.25) is 10.0 Å². The van der Waals surface area contributed by atoms with E-state index in [1.165, 1.54) is 32.0 Å². The molecule has 3 N–H and O–H groups in total. The summed E-state index contributed by atoms with van der Waals surface area (Å²) < 4.78 is 71.5. The second-order valence-electron chi connectivity index (χ2n) is 9.17. The first-order chi connectivity index (χ1) is 19.0. The molecular weight excluding hydrogens is 600 g/mol. The van der Waals surface area contributed by atoms with Crippen LogP contribution in [0, 0.1) is 5.92 Å². The molecule has 0 saturated heterocycles. The zero-order chi connectivity index (χ0) is 31.0. The second-order valence-corrected chi connectivity index (χ2v) is 10.0. The van der Waals surface area contributed by atoms with Gasteiger partial charge in [0, 0.05) is 16.5 Å². The number of nitrogens with one attached hydrogen (secondary N) is 3. The molecule has 2 aromatic rings. The molecule has 15 heteroatoms. The van der Waals surface area contributed by atoms with Crippen LogP contribution in [0.25, 0.3) is 0 Å². The molecule has 0 aliphatic carbocycles. The second kappa shape index (κ2) is 14.4. The van der Waals surface area contributed by atoms with E-state index in [1.54, 1.807) is 30.3 Å². The van der Waals surface area contributed by atoms with E-state index >= 15 is 0 Å². The lowest BCUT2D eigenvalue weighted by atomic mass is 9.94. The van der Waals surface area contributed by atoms with Crippen molar-refractivity contribution in [2.24, 2.45) is 5.92 Å². The minimum absolute atomic E-state index is 0.136. The molecule has 0 aliphatic rings. The van der Waals surface area contributed by atoms with Crippen molar-refractivity contribution in [2.75, 3.05) is 13.2 Å². The van der Waals surface area contributed by atoms with Gasteiger partial charge < -0.3 is 20.7 Å². The fourth-order valence-corrected chi connectivity index (χ4v) is 3.95. The normalized spacial score (nSPS) is 13.2. The number of amides is 3. The van der Waals surface area contributed by atoms with Crippen LogP contribution in [0.1, 0.15) is 19.4 Å². The summed E-state index contributed by atoms with van der Waals surface area (Å²) in [5.41, 5.74) is 0.555. The molecular formula is C26H26Cl2F5N3O5. The van der Waals surface area contributed by atoms with Gasteiger partial charge in [0.05, 0.1) is 6.04 Å². The summed E-state index contributed by atoms with van der Waals surface area (Å²) in [4.78, 5) is 50.1. The Labute approximate surface area is 241 Å². The van der Waals surface area contributed by atoms with Crippen molar-refractivity contribution in [1.29, 1.82) is 0 Å². The van der Waals surface area contributed by atoms with Gasteiger partial charge in [-0.15, -0.1) is 0 Å². The lowest BCUT2D eigenvalue weighted by Gasteiger charge is -2.27. The van der Waals surface area contributed by atoms with Crippen molar-refractivity contribution < 1.29 is 45.9 Å². The van der Waals surface area contributed by atoms with E-state index in [4.69, 9.17) is 27.9 Å². The van der Waals surface area contributed by atoms with E-state index < -0.39 is 66.8 Å². The smallest absolute Gasteiger partial charge is 0.405 e. The van der Waals surface area contributed by atoms with Gasteiger partial charge >= 0.3 is 12.1 Å². The summed E-state index contributed by atoms with van der Waals surface area (Å²) >= 11 is 11.8. The molecule has 2 aromatic carbocycles. The van der Waals surface area contributed by atoms with Gasteiger partial charge in [0.25, 0.3) is 11.8 Å². The first kappa shape index (κ1) is 33.8. The fourth-order valence-electron chi connectivity index (χ4n) is 3.44. The molecule has 0 spiro atoms. The Bertz CT molecular complexity index is 1230. The molecule has 0 heterocycles. The fraction of sp³-hybridized carbons (Fsp3) is 0.385. The number of hydrogen-bond donors (Lipinski definition) is 3. The van der Waals surface area contributed by atoms with Gasteiger partial charge in [-0.2, -0.15) is 22.0 Å². The maximum atomic E-state index is 14.5. The van der Waals surface area contributed by atoms with Crippen molar-refractivity contribution in [1.82, 2.24) is 16.0 Å². The summed E-state index contributed by atoms with van der Waals surface area (Å²) in [6.45, 7) is -0.121. The largest absolute Gasteiger partial charge is 0.484 e. The summed E-state index contributed by atoms with van der Waals surface area (Å²) in [5.74, 6) is -12.2. The molecule has 0 bridgehead atoms. The summed E-state index contributed by atoms with van der Waals surface area (Å²) in [5, 5.41) is 5.95. The first-order valence-electron chi connectivity index (χ1n) is 12.0. The Hall–Kier alpha value is -3.45. The third-order valence-corrected chi connectivity index (χ3v) is 5.87. The average molecular weight is 626 g/mol. The van der Waals surface area contributed by atoms with Crippen molar-refractivity contribution in [3.05, 3.63) is 64.1 Å². The van der Waals surface area contributed by atoms with Crippen LogP contribution in [-0.2, 0) is 25.6 Å². The van der Waals surface area contributed by atoms with Crippen LogP contribution in [-0.4, -0.2) is 60.8 Å².